The van der Waals surface area contributed by atoms with Crippen LogP contribution >= 0.6 is 0 Å². The number of aryl methyl sites for hydroxylation is 1. The fraction of sp³-hybridized carbons (Fsp3) is 0.389. The van der Waals surface area contributed by atoms with Gasteiger partial charge in [-0.2, -0.15) is 22.0 Å². The van der Waals surface area contributed by atoms with Crippen LogP contribution in [0, 0.1) is 0 Å². The highest BCUT2D eigenvalue weighted by Gasteiger charge is 2.56. The molecule has 0 N–H and O–H groups in total. The molecular formula is C18H17F5N2O4S. The number of alkyl halides is 5. The minimum atomic E-state index is -5.72. The van der Waals surface area contributed by atoms with Crippen molar-refractivity contribution in [2.24, 2.45) is 0 Å². The number of hydrogen-bond donors (Lipinski definition) is 0. The van der Waals surface area contributed by atoms with Crippen LogP contribution in [0.2, 0.25) is 0 Å². The molecule has 0 saturated carbocycles. The van der Waals surface area contributed by atoms with E-state index < -0.39 is 46.6 Å². The van der Waals surface area contributed by atoms with E-state index in [-0.39, 0.29) is 27.6 Å². The van der Waals surface area contributed by atoms with Crippen LogP contribution in [0.5, 0.6) is 5.88 Å². The standard InChI is InChI=1S/C18H17F5N2O4S/c1-3-30(27,28)14-5-4-10-24-15(14)13-7-6-12(16(25-13)29-11(2)26)8-9-17(19,20)18(21,22)23/h4-7,10H,3,8-9H2,1-2H3. The molecule has 2 rings (SSSR count). The molecule has 6 nitrogen and oxygen atoms in total. The van der Waals surface area contributed by atoms with E-state index >= 15 is 0 Å². The van der Waals surface area contributed by atoms with Gasteiger partial charge in [-0.1, -0.05) is 13.0 Å². The van der Waals surface area contributed by atoms with E-state index in [2.05, 4.69) is 9.97 Å². The van der Waals surface area contributed by atoms with Crippen LogP contribution in [0.25, 0.3) is 11.4 Å². The van der Waals surface area contributed by atoms with Crippen molar-refractivity contribution in [3.8, 4) is 17.3 Å². The summed E-state index contributed by atoms with van der Waals surface area (Å²) >= 11 is 0. The average Bonchev–Trinajstić information content (AvgIpc) is 2.65. The van der Waals surface area contributed by atoms with Gasteiger partial charge in [-0.15, -0.1) is 0 Å². The minimum Gasteiger partial charge on any atom is -0.407 e. The van der Waals surface area contributed by atoms with Gasteiger partial charge in [-0.25, -0.2) is 13.4 Å². The lowest BCUT2D eigenvalue weighted by molar-refractivity contribution is -0.284. The van der Waals surface area contributed by atoms with Crippen LogP contribution in [0.15, 0.2) is 35.4 Å². The van der Waals surface area contributed by atoms with Gasteiger partial charge in [0.05, 0.1) is 16.3 Å². The fourth-order valence-electron chi connectivity index (χ4n) is 2.44. The molecule has 0 aliphatic heterocycles. The van der Waals surface area contributed by atoms with Gasteiger partial charge in [0.2, 0.25) is 5.88 Å². The first-order valence-corrected chi connectivity index (χ1v) is 10.2. The van der Waals surface area contributed by atoms with Gasteiger partial charge in [0.1, 0.15) is 5.69 Å². The summed E-state index contributed by atoms with van der Waals surface area (Å²) < 4.78 is 93.1. The van der Waals surface area contributed by atoms with Crippen molar-refractivity contribution >= 4 is 15.8 Å². The predicted molar refractivity (Wildman–Crippen MR) is 95.8 cm³/mol. The van der Waals surface area contributed by atoms with Gasteiger partial charge >= 0.3 is 18.1 Å². The predicted octanol–water partition coefficient (Wildman–Crippen LogP) is 3.99. The van der Waals surface area contributed by atoms with Crippen molar-refractivity contribution in [3.63, 3.8) is 0 Å². The molecule has 0 aliphatic carbocycles. The van der Waals surface area contributed by atoms with E-state index in [9.17, 15) is 35.2 Å². The van der Waals surface area contributed by atoms with E-state index in [4.69, 9.17) is 4.74 Å². The third kappa shape index (κ3) is 5.29. The van der Waals surface area contributed by atoms with Crippen molar-refractivity contribution in [1.82, 2.24) is 9.97 Å². The Morgan fingerprint density at radius 3 is 2.37 bits per heavy atom. The minimum absolute atomic E-state index is 0.0507. The number of hydrogen-bond acceptors (Lipinski definition) is 6. The van der Waals surface area contributed by atoms with Crippen LogP contribution in [-0.2, 0) is 21.1 Å². The molecule has 0 unspecified atom stereocenters. The lowest BCUT2D eigenvalue weighted by atomic mass is 10.1. The van der Waals surface area contributed by atoms with Gasteiger partial charge in [-0.05, 0) is 24.6 Å². The zero-order chi connectivity index (χ0) is 22.7. The van der Waals surface area contributed by atoms with Crippen molar-refractivity contribution < 1.29 is 39.9 Å². The zero-order valence-electron chi connectivity index (χ0n) is 15.8. The average molecular weight is 452 g/mol. The number of sulfone groups is 1. The molecule has 2 heterocycles. The Bertz CT molecular complexity index is 1040. The largest absolute Gasteiger partial charge is 0.453 e. The van der Waals surface area contributed by atoms with Crippen molar-refractivity contribution in [2.45, 2.75) is 43.7 Å². The van der Waals surface area contributed by atoms with E-state index in [0.717, 1.165) is 13.0 Å². The second-order valence-corrected chi connectivity index (χ2v) is 8.46. The Morgan fingerprint density at radius 2 is 1.80 bits per heavy atom. The number of nitrogens with zero attached hydrogens (tertiary/aromatic N) is 2. The number of rotatable bonds is 7. The van der Waals surface area contributed by atoms with Crippen LogP contribution in [0.3, 0.4) is 0 Å². The van der Waals surface area contributed by atoms with E-state index in [0.29, 0.717) is 0 Å². The number of carbonyl (C=O) groups is 1. The summed E-state index contributed by atoms with van der Waals surface area (Å²) in [7, 11) is -3.70. The molecule has 0 bridgehead atoms. The normalized spacial score (nSPS) is 12.6. The number of carbonyl (C=O) groups excluding carboxylic acids is 1. The van der Waals surface area contributed by atoms with Crippen molar-refractivity contribution in [1.29, 1.82) is 0 Å². The molecule has 0 spiro atoms. The van der Waals surface area contributed by atoms with Crippen LogP contribution < -0.4 is 4.74 Å². The number of pyridine rings is 2. The topological polar surface area (TPSA) is 86.2 Å². The van der Waals surface area contributed by atoms with Gasteiger partial charge in [0.15, 0.2) is 9.84 Å². The van der Waals surface area contributed by atoms with E-state index in [1.165, 1.54) is 31.3 Å². The summed E-state index contributed by atoms with van der Waals surface area (Å²) in [5, 5.41) is 0. The maximum Gasteiger partial charge on any atom is 0.453 e. The summed E-state index contributed by atoms with van der Waals surface area (Å²) in [6, 6.07) is 5.05. The highest BCUT2D eigenvalue weighted by Crippen LogP contribution is 2.39. The first-order valence-electron chi connectivity index (χ1n) is 8.59. The van der Waals surface area contributed by atoms with Crippen LogP contribution in [0.4, 0.5) is 22.0 Å². The maximum atomic E-state index is 13.2. The summed E-state index contributed by atoms with van der Waals surface area (Å²) in [5.74, 6) is -6.55. The monoisotopic (exact) mass is 452 g/mol. The summed E-state index contributed by atoms with van der Waals surface area (Å²) in [6.45, 7) is 2.42. The maximum absolute atomic E-state index is 13.2. The Balaban J connectivity index is 2.49. The SMILES string of the molecule is CCS(=O)(=O)c1cccnc1-c1ccc(CCC(F)(F)C(F)(F)F)c(OC(C)=O)n1. The molecule has 0 saturated heterocycles. The highest BCUT2D eigenvalue weighted by atomic mass is 32.2. The van der Waals surface area contributed by atoms with Crippen LogP contribution in [0.1, 0.15) is 25.8 Å². The molecular weight excluding hydrogens is 435 g/mol. The van der Waals surface area contributed by atoms with Crippen LogP contribution in [-0.4, -0.2) is 42.2 Å². The van der Waals surface area contributed by atoms with Gasteiger partial charge < -0.3 is 4.74 Å². The molecule has 0 atom stereocenters. The van der Waals surface area contributed by atoms with Crippen molar-refractivity contribution in [3.05, 3.63) is 36.0 Å². The van der Waals surface area contributed by atoms with Crippen molar-refractivity contribution in [2.75, 3.05) is 5.75 Å². The fourth-order valence-corrected chi connectivity index (χ4v) is 3.49. The third-order valence-electron chi connectivity index (χ3n) is 4.03. The quantitative estimate of drug-likeness (QED) is 0.467. The van der Waals surface area contributed by atoms with Gasteiger partial charge in [0, 0.05) is 25.1 Å². The zero-order valence-corrected chi connectivity index (χ0v) is 16.7. The molecule has 2 aromatic heterocycles. The summed E-state index contributed by atoms with van der Waals surface area (Å²) in [4.78, 5) is 19.1. The first-order chi connectivity index (χ1) is 13.8. The Morgan fingerprint density at radius 1 is 1.13 bits per heavy atom. The first kappa shape index (κ1) is 23.6. The Kier molecular flexibility index (Phi) is 6.80. The Hall–Kier alpha value is -2.63. The number of aromatic nitrogens is 2. The molecule has 0 aromatic carbocycles. The number of esters is 1. The Labute approximate surface area is 169 Å². The molecule has 0 aliphatic rings. The smallest absolute Gasteiger partial charge is 0.407 e. The molecule has 0 radical (unpaired) electrons. The molecule has 2 aromatic rings. The van der Waals surface area contributed by atoms with Gasteiger partial charge in [0.25, 0.3) is 0 Å². The third-order valence-corrected chi connectivity index (χ3v) is 5.79. The summed E-state index contributed by atoms with van der Waals surface area (Å²) in [6.07, 6.45) is -6.79. The molecule has 164 valence electrons. The lowest BCUT2D eigenvalue weighted by Gasteiger charge is -2.20. The molecule has 30 heavy (non-hydrogen) atoms. The highest BCUT2D eigenvalue weighted by molar-refractivity contribution is 7.91. The molecule has 12 heteroatoms. The number of halogens is 5. The lowest BCUT2D eigenvalue weighted by Crippen LogP contribution is -2.36. The molecule has 0 amide bonds. The second-order valence-electron chi connectivity index (χ2n) is 6.21. The second kappa shape index (κ2) is 8.62. The summed E-state index contributed by atoms with van der Waals surface area (Å²) in [5.41, 5.74) is -0.293. The van der Waals surface area contributed by atoms with Gasteiger partial charge in [-0.3, -0.25) is 9.78 Å². The van der Waals surface area contributed by atoms with E-state index in [1.807, 2.05) is 0 Å². The molecule has 0 fully saturated rings. The van der Waals surface area contributed by atoms with E-state index in [1.54, 1.807) is 0 Å². The number of ether oxygens (including phenoxy) is 1.